The van der Waals surface area contributed by atoms with Gasteiger partial charge in [0, 0.05) is 46.6 Å². The van der Waals surface area contributed by atoms with Crippen molar-refractivity contribution in [3.63, 3.8) is 0 Å². The zero-order chi connectivity index (χ0) is 30.4. The monoisotopic (exact) mass is 608 g/mol. The van der Waals surface area contributed by atoms with Gasteiger partial charge in [0.2, 0.25) is 5.52 Å². The molecule has 1 aromatic heterocycles. The Morgan fingerprint density at radius 1 is 1.14 bits per heavy atom. The predicted molar refractivity (Wildman–Crippen MR) is 160 cm³/mol. The zero-order valence-electron chi connectivity index (χ0n) is 23.6. The summed E-state index contributed by atoms with van der Waals surface area (Å²) in [5.41, 5.74) is 3.56. The summed E-state index contributed by atoms with van der Waals surface area (Å²) in [4.78, 5) is 26.7. The van der Waals surface area contributed by atoms with Gasteiger partial charge in [0.15, 0.2) is 5.78 Å². The van der Waals surface area contributed by atoms with Gasteiger partial charge in [-0.15, -0.1) is 0 Å². The number of unbranched alkanes of at least 4 members (excludes halogenated alkanes) is 1. The molecule has 2 aliphatic rings. The fourth-order valence-corrected chi connectivity index (χ4v) is 7.44. The van der Waals surface area contributed by atoms with Crippen LogP contribution in [0.2, 0.25) is 0 Å². The summed E-state index contributed by atoms with van der Waals surface area (Å²) in [7, 11) is -4.10. The Morgan fingerprint density at radius 2 is 1.88 bits per heavy atom. The molecule has 0 saturated heterocycles. The lowest BCUT2D eigenvalue weighted by Crippen LogP contribution is -2.35. The minimum absolute atomic E-state index is 0.0787. The third kappa shape index (κ3) is 5.51. The minimum atomic E-state index is -4.10. The Labute approximate surface area is 248 Å². The second-order valence-corrected chi connectivity index (χ2v) is 13.6. The fraction of sp³-hybridized carbons (Fsp3) is 0.323. The van der Waals surface area contributed by atoms with Gasteiger partial charge in [-0.1, -0.05) is 55.2 Å². The number of aryl methyl sites for hydroxylation is 1. The van der Waals surface area contributed by atoms with Crippen LogP contribution in [0.5, 0.6) is 0 Å². The molecule has 0 spiro atoms. The predicted octanol–water partition coefficient (Wildman–Crippen LogP) is 3.77. The SMILES string of the molecule is CC[n+]1c(C=C2C(=O)C(C=C3N(CCCCS(=O)(=O)O)c4ccc(CC(=O)O)cc4C3(C)C)=C2[O-])sc2ccccc21. The number of fused-ring (bicyclic) bond motifs is 2. The molecule has 9 nitrogen and oxygen atoms in total. The van der Waals surface area contributed by atoms with Gasteiger partial charge in [0.05, 0.1) is 12.2 Å². The number of aliphatic carboxylic acids is 1. The van der Waals surface area contributed by atoms with Crippen molar-refractivity contribution >= 4 is 55.2 Å². The van der Waals surface area contributed by atoms with Crippen LogP contribution in [-0.2, 0) is 38.1 Å². The smallest absolute Gasteiger partial charge is 0.307 e. The number of ketones is 1. The third-order valence-corrected chi connectivity index (χ3v) is 9.74. The molecule has 0 unspecified atom stereocenters. The maximum Gasteiger partial charge on any atom is 0.307 e. The number of anilines is 1. The molecular weight excluding hydrogens is 576 g/mol. The quantitative estimate of drug-likeness (QED) is 0.154. The van der Waals surface area contributed by atoms with E-state index in [1.54, 1.807) is 18.2 Å². The Bertz CT molecular complexity index is 1810. The van der Waals surface area contributed by atoms with E-state index in [1.165, 1.54) is 11.3 Å². The molecule has 0 fully saturated rings. The van der Waals surface area contributed by atoms with Gasteiger partial charge in [-0.05, 0) is 49.1 Å². The van der Waals surface area contributed by atoms with Crippen molar-refractivity contribution in [2.45, 2.75) is 52.0 Å². The van der Waals surface area contributed by atoms with Gasteiger partial charge in [-0.25, -0.2) is 0 Å². The summed E-state index contributed by atoms with van der Waals surface area (Å²) in [6, 6.07) is 13.3. The molecule has 0 atom stereocenters. The second-order valence-electron chi connectivity index (χ2n) is 11.0. The molecule has 2 heterocycles. The van der Waals surface area contributed by atoms with Crippen LogP contribution in [0.15, 0.2) is 71.1 Å². The number of carboxylic acid groups (broad SMARTS) is 1. The standard InChI is InChI=1S/C31H32N2O7S2/c1-4-32-24-9-5-6-10-25(24)41-27(32)18-21-29(36)20(30(21)37)17-26-31(2,3)22-15-19(16-28(34)35)11-12-23(22)33(26)13-7-8-14-42(38,39)40/h5-6,9-12,15,17-18H,4,7-8,13-14,16H2,1-3H3,(H2-,34,35,36,37,38,39,40). The van der Waals surface area contributed by atoms with E-state index in [-0.39, 0.29) is 41.3 Å². The highest BCUT2D eigenvalue weighted by Crippen LogP contribution is 2.49. The van der Waals surface area contributed by atoms with Crippen LogP contribution in [0.1, 0.15) is 49.7 Å². The number of aromatic nitrogens is 1. The van der Waals surface area contributed by atoms with Crippen molar-refractivity contribution in [2.24, 2.45) is 0 Å². The van der Waals surface area contributed by atoms with E-state index in [0.29, 0.717) is 30.8 Å². The van der Waals surface area contributed by atoms with Crippen molar-refractivity contribution in [2.75, 3.05) is 17.2 Å². The number of Topliss-reactive ketones (excluding diaryl/α,β-unsaturated/α-hetero) is 1. The molecular formula is C31H32N2O7S2. The zero-order valence-corrected chi connectivity index (χ0v) is 25.2. The summed E-state index contributed by atoms with van der Waals surface area (Å²) in [5, 5.41) is 23.5. The van der Waals surface area contributed by atoms with Crippen molar-refractivity contribution in [1.82, 2.24) is 0 Å². The fourth-order valence-electron chi connectivity index (χ4n) is 5.71. The molecule has 0 bridgehead atoms. The highest BCUT2D eigenvalue weighted by atomic mass is 32.2. The van der Waals surface area contributed by atoms with Crippen molar-refractivity contribution in [3.8, 4) is 0 Å². The number of hydrogen-bond donors (Lipinski definition) is 2. The number of benzene rings is 2. The Hall–Kier alpha value is -3.80. The number of carbonyl (C=O) groups is 2. The van der Waals surface area contributed by atoms with E-state index in [0.717, 1.165) is 26.5 Å². The van der Waals surface area contributed by atoms with Gasteiger partial charge in [-0.2, -0.15) is 13.0 Å². The van der Waals surface area contributed by atoms with Crippen molar-refractivity contribution in [3.05, 3.63) is 87.3 Å². The number of allylic oxidation sites excluding steroid dienone is 4. The van der Waals surface area contributed by atoms with Gasteiger partial charge in [-0.3, -0.25) is 14.1 Å². The van der Waals surface area contributed by atoms with Crippen LogP contribution < -0.4 is 14.6 Å². The first-order valence-corrected chi connectivity index (χ1v) is 16.1. The number of rotatable bonds is 10. The topological polar surface area (TPSA) is 139 Å². The van der Waals surface area contributed by atoms with Crippen LogP contribution in [0.3, 0.4) is 0 Å². The Morgan fingerprint density at radius 3 is 2.55 bits per heavy atom. The molecule has 1 aliphatic carbocycles. The molecule has 1 aliphatic heterocycles. The second kappa shape index (κ2) is 11.1. The highest BCUT2D eigenvalue weighted by molar-refractivity contribution is 7.85. The van der Waals surface area contributed by atoms with Crippen molar-refractivity contribution in [1.29, 1.82) is 0 Å². The van der Waals surface area contributed by atoms with E-state index in [4.69, 9.17) is 4.55 Å². The number of thiazole rings is 1. The molecule has 11 heteroatoms. The average molecular weight is 609 g/mol. The summed E-state index contributed by atoms with van der Waals surface area (Å²) in [6.45, 7) is 6.99. The van der Waals surface area contributed by atoms with Crippen LogP contribution in [0, 0.1) is 0 Å². The molecule has 2 aromatic carbocycles. The van der Waals surface area contributed by atoms with Gasteiger partial charge < -0.3 is 15.1 Å². The Kier molecular flexibility index (Phi) is 7.86. The molecule has 42 heavy (non-hydrogen) atoms. The lowest BCUT2D eigenvalue weighted by Gasteiger charge is -2.32. The van der Waals surface area contributed by atoms with E-state index in [1.807, 2.05) is 62.1 Å². The van der Waals surface area contributed by atoms with Crippen LogP contribution in [0.25, 0.3) is 16.3 Å². The van der Waals surface area contributed by atoms with Crippen LogP contribution >= 0.6 is 11.3 Å². The number of hydrogen-bond acceptors (Lipinski definition) is 7. The molecule has 220 valence electrons. The number of nitrogens with zero attached hydrogens (tertiary/aromatic N) is 2. The minimum Gasteiger partial charge on any atom is -0.871 e. The molecule has 0 amide bonds. The average Bonchev–Trinajstić information content (AvgIpc) is 3.38. The van der Waals surface area contributed by atoms with E-state index >= 15 is 0 Å². The molecule has 3 aromatic rings. The number of carboxylic acids is 1. The lowest BCUT2D eigenvalue weighted by atomic mass is 9.80. The van der Waals surface area contributed by atoms with E-state index in [2.05, 4.69) is 4.57 Å². The highest BCUT2D eigenvalue weighted by Gasteiger charge is 2.41. The third-order valence-electron chi connectivity index (χ3n) is 7.83. The first kappa shape index (κ1) is 29.7. The number of carbonyl (C=O) groups excluding carboxylic acids is 1. The van der Waals surface area contributed by atoms with Gasteiger partial charge in [0.1, 0.15) is 11.2 Å². The molecule has 0 radical (unpaired) electrons. The molecule has 0 saturated carbocycles. The van der Waals surface area contributed by atoms with Gasteiger partial charge in [0.25, 0.3) is 15.1 Å². The van der Waals surface area contributed by atoms with Crippen molar-refractivity contribution < 1.29 is 37.3 Å². The summed E-state index contributed by atoms with van der Waals surface area (Å²) in [6.07, 6.45) is 3.80. The van der Waals surface area contributed by atoms with E-state index < -0.39 is 21.5 Å². The van der Waals surface area contributed by atoms with E-state index in [9.17, 15) is 28.2 Å². The first-order chi connectivity index (χ1) is 19.8. The molecule has 2 N–H and O–H groups in total. The summed E-state index contributed by atoms with van der Waals surface area (Å²) < 4.78 is 34.7. The van der Waals surface area contributed by atoms with Gasteiger partial charge >= 0.3 is 5.97 Å². The maximum atomic E-state index is 13.4. The molecule has 5 rings (SSSR count). The largest absolute Gasteiger partial charge is 0.871 e. The maximum absolute atomic E-state index is 13.4. The summed E-state index contributed by atoms with van der Waals surface area (Å²) >= 11 is 1.52. The summed E-state index contributed by atoms with van der Waals surface area (Å²) in [5.74, 6) is -1.99. The van der Waals surface area contributed by atoms with Crippen LogP contribution in [0.4, 0.5) is 5.69 Å². The lowest BCUT2D eigenvalue weighted by molar-refractivity contribution is -0.665. The first-order valence-electron chi connectivity index (χ1n) is 13.7. The number of para-hydroxylation sites is 1. The normalized spacial score (nSPS) is 18.3. The Balaban J connectivity index is 1.53. The van der Waals surface area contributed by atoms with Crippen LogP contribution in [-0.4, -0.2) is 42.1 Å².